The summed E-state index contributed by atoms with van der Waals surface area (Å²) in [5, 5.41) is 16.6. The van der Waals surface area contributed by atoms with Crippen molar-refractivity contribution in [3.63, 3.8) is 0 Å². The molecule has 0 amide bonds. The third-order valence-electron chi connectivity index (χ3n) is 4.72. The van der Waals surface area contributed by atoms with Gasteiger partial charge in [-0.1, -0.05) is 30.3 Å². The zero-order valence-corrected chi connectivity index (χ0v) is 14.4. The molecule has 0 fully saturated rings. The number of hydrogen-bond donors (Lipinski definition) is 1. The summed E-state index contributed by atoms with van der Waals surface area (Å²) in [7, 11) is 0. The Hall–Kier alpha value is -3.14. The van der Waals surface area contributed by atoms with E-state index in [4.69, 9.17) is 5.10 Å². The van der Waals surface area contributed by atoms with Crippen LogP contribution in [0.25, 0.3) is 0 Å². The molecule has 130 valence electrons. The topological polar surface area (TPSA) is 35.8 Å². The molecule has 0 bridgehead atoms. The normalized spacial score (nSPS) is 16.6. The second-order valence-electron chi connectivity index (χ2n) is 6.50. The van der Waals surface area contributed by atoms with Gasteiger partial charge in [-0.3, -0.25) is 5.01 Å². The van der Waals surface area contributed by atoms with Crippen LogP contribution in [0, 0.1) is 12.7 Å². The summed E-state index contributed by atoms with van der Waals surface area (Å²) in [6.07, 6.45) is 0.713. The van der Waals surface area contributed by atoms with Crippen molar-refractivity contribution < 1.29 is 9.50 Å². The predicted octanol–water partition coefficient (Wildman–Crippen LogP) is 5.20. The highest BCUT2D eigenvalue weighted by Gasteiger charge is 2.30. The van der Waals surface area contributed by atoms with Gasteiger partial charge < -0.3 is 5.11 Å². The third-order valence-corrected chi connectivity index (χ3v) is 4.72. The number of hydrazone groups is 1. The molecular formula is C22H19FN2O. The van der Waals surface area contributed by atoms with Gasteiger partial charge in [0.2, 0.25) is 0 Å². The molecule has 3 nitrogen and oxygen atoms in total. The number of phenolic OH excluding ortho intramolecular Hbond substituents is 1. The standard InChI is InChI=1S/C22H19FN2O/c1-15-13-17(9-12-22(15)26)20-14-21(16-7-10-18(23)11-8-16)25(24-20)19-5-3-2-4-6-19/h2-13,21,26H,14H2,1H3. The highest BCUT2D eigenvalue weighted by molar-refractivity contribution is 6.03. The summed E-state index contributed by atoms with van der Waals surface area (Å²) in [5.41, 5.74) is 4.77. The molecule has 0 saturated carbocycles. The van der Waals surface area contributed by atoms with Crippen molar-refractivity contribution in [2.75, 3.05) is 5.01 Å². The Balaban J connectivity index is 1.75. The van der Waals surface area contributed by atoms with E-state index >= 15 is 0 Å². The molecule has 26 heavy (non-hydrogen) atoms. The lowest BCUT2D eigenvalue weighted by atomic mass is 9.97. The van der Waals surface area contributed by atoms with Gasteiger partial charge >= 0.3 is 0 Å². The van der Waals surface area contributed by atoms with Crippen LogP contribution in [0.3, 0.4) is 0 Å². The highest BCUT2D eigenvalue weighted by Crippen LogP contribution is 2.37. The van der Waals surface area contributed by atoms with Gasteiger partial charge in [-0.25, -0.2) is 4.39 Å². The van der Waals surface area contributed by atoms with E-state index in [9.17, 15) is 9.50 Å². The van der Waals surface area contributed by atoms with Crippen LogP contribution in [-0.4, -0.2) is 10.8 Å². The van der Waals surface area contributed by atoms with E-state index in [1.807, 2.05) is 66.5 Å². The molecule has 1 heterocycles. The molecule has 0 spiro atoms. The van der Waals surface area contributed by atoms with Crippen LogP contribution in [0.15, 0.2) is 77.9 Å². The molecule has 0 aromatic heterocycles. The number of aromatic hydroxyl groups is 1. The van der Waals surface area contributed by atoms with E-state index in [0.29, 0.717) is 6.42 Å². The van der Waals surface area contributed by atoms with E-state index < -0.39 is 0 Å². The minimum absolute atomic E-state index is 0.00195. The van der Waals surface area contributed by atoms with Gasteiger partial charge in [0.1, 0.15) is 11.6 Å². The SMILES string of the molecule is Cc1cc(C2=NN(c3ccccc3)C(c3ccc(F)cc3)C2)ccc1O. The van der Waals surface area contributed by atoms with Crippen LogP contribution in [0.2, 0.25) is 0 Å². The Bertz CT molecular complexity index is 952. The summed E-state index contributed by atoms with van der Waals surface area (Å²) in [6.45, 7) is 1.88. The van der Waals surface area contributed by atoms with E-state index in [2.05, 4.69) is 0 Å². The number of nitrogens with zero attached hydrogens (tertiary/aromatic N) is 2. The molecule has 3 aromatic rings. The Kier molecular flexibility index (Phi) is 4.17. The third kappa shape index (κ3) is 3.06. The first-order valence-electron chi connectivity index (χ1n) is 8.59. The number of benzene rings is 3. The lowest BCUT2D eigenvalue weighted by molar-refractivity contribution is 0.471. The zero-order chi connectivity index (χ0) is 18.1. The Morgan fingerprint density at radius 1 is 1.00 bits per heavy atom. The predicted molar refractivity (Wildman–Crippen MR) is 102 cm³/mol. The van der Waals surface area contributed by atoms with E-state index in [1.165, 1.54) is 12.1 Å². The molecule has 4 rings (SSSR count). The fraction of sp³-hybridized carbons (Fsp3) is 0.136. The Morgan fingerprint density at radius 2 is 1.73 bits per heavy atom. The van der Waals surface area contributed by atoms with Gasteiger partial charge in [-0.05, 0) is 66.1 Å². The van der Waals surface area contributed by atoms with Gasteiger partial charge in [0, 0.05) is 6.42 Å². The smallest absolute Gasteiger partial charge is 0.123 e. The van der Waals surface area contributed by atoms with Crippen molar-refractivity contribution in [2.24, 2.45) is 5.10 Å². The number of rotatable bonds is 3. The van der Waals surface area contributed by atoms with Gasteiger partial charge in [0.25, 0.3) is 0 Å². The highest BCUT2D eigenvalue weighted by atomic mass is 19.1. The lowest BCUT2D eigenvalue weighted by Crippen LogP contribution is -2.18. The molecule has 4 heteroatoms. The van der Waals surface area contributed by atoms with Gasteiger partial charge in [0.05, 0.1) is 17.4 Å². The molecule has 1 unspecified atom stereocenters. The van der Waals surface area contributed by atoms with Crippen LogP contribution in [0.4, 0.5) is 10.1 Å². The van der Waals surface area contributed by atoms with Crippen LogP contribution >= 0.6 is 0 Å². The minimum Gasteiger partial charge on any atom is -0.508 e. The fourth-order valence-electron chi connectivity index (χ4n) is 3.28. The van der Waals surface area contributed by atoms with E-state index in [1.54, 1.807) is 6.07 Å². The summed E-state index contributed by atoms with van der Waals surface area (Å²) < 4.78 is 13.4. The molecule has 1 atom stereocenters. The van der Waals surface area contributed by atoms with Crippen molar-refractivity contribution >= 4 is 11.4 Å². The Morgan fingerprint density at radius 3 is 2.42 bits per heavy atom. The molecule has 3 aromatic carbocycles. The first-order chi connectivity index (χ1) is 12.6. The molecule has 0 aliphatic carbocycles. The van der Waals surface area contributed by atoms with Crippen LogP contribution < -0.4 is 5.01 Å². The number of para-hydroxylation sites is 1. The van der Waals surface area contributed by atoms with Gasteiger partial charge in [0.15, 0.2) is 0 Å². The summed E-state index contributed by atoms with van der Waals surface area (Å²) in [6, 6.07) is 22.1. The summed E-state index contributed by atoms with van der Waals surface area (Å²) in [5.74, 6) is 0.0376. The van der Waals surface area contributed by atoms with Crippen LogP contribution in [0.5, 0.6) is 5.75 Å². The maximum Gasteiger partial charge on any atom is 0.123 e. The van der Waals surface area contributed by atoms with Crippen molar-refractivity contribution in [2.45, 2.75) is 19.4 Å². The van der Waals surface area contributed by atoms with Crippen molar-refractivity contribution in [1.82, 2.24) is 0 Å². The molecule has 1 aliphatic heterocycles. The van der Waals surface area contributed by atoms with E-state index in [0.717, 1.165) is 28.1 Å². The van der Waals surface area contributed by atoms with Crippen molar-refractivity contribution in [1.29, 1.82) is 0 Å². The molecule has 1 N–H and O–H groups in total. The second-order valence-corrected chi connectivity index (χ2v) is 6.50. The van der Waals surface area contributed by atoms with Gasteiger partial charge in [-0.2, -0.15) is 5.10 Å². The van der Waals surface area contributed by atoms with E-state index in [-0.39, 0.29) is 17.6 Å². The fourth-order valence-corrected chi connectivity index (χ4v) is 3.28. The minimum atomic E-state index is -0.242. The van der Waals surface area contributed by atoms with Crippen molar-refractivity contribution in [3.05, 3.63) is 95.3 Å². The van der Waals surface area contributed by atoms with Crippen LogP contribution in [0.1, 0.15) is 29.2 Å². The summed E-state index contributed by atoms with van der Waals surface area (Å²) >= 11 is 0. The monoisotopic (exact) mass is 346 g/mol. The second kappa shape index (κ2) is 6.64. The molecule has 0 saturated heterocycles. The maximum atomic E-state index is 13.4. The summed E-state index contributed by atoms with van der Waals surface area (Å²) in [4.78, 5) is 0. The average molecular weight is 346 g/mol. The average Bonchev–Trinajstić information content (AvgIpc) is 3.11. The molecule has 1 aliphatic rings. The lowest BCUT2D eigenvalue weighted by Gasteiger charge is -2.23. The number of phenols is 1. The first kappa shape index (κ1) is 16.3. The number of hydrogen-bond acceptors (Lipinski definition) is 3. The Labute approximate surface area is 152 Å². The number of aryl methyl sites for hydroxylation is 1. The van der Waals surface area contributed by atoms with Crippen molar-refractivity contribution in [3.8, 4) is 5.75 Å². The first-order valence-corrected chi connectivity index (χ1v) is 8.59. The number of anilines is 1. The molecule has 0 radical (unpaired) electrons. The number of halogens is 1. The maximum absolute atomic E-state index is 13.4. The quantitative estimate of drug-likeness (QED) is 0.708. The van der Waals surface area contributed by atoms with Gasteiger partial charge in [-0.15, -0.1) is 0 Å². The largest absolute Gasteiger partial charge is 0.508 e. The zero-order valence-electron chi connectivity index (χ0n) is 14.4. The molecular weight excluding hydrogens is 327 g/mol. The van der Waals surface area contributed by atoms with Crippen LogP contribution in [-0.2, 0) is 0 Å².